The summed E-state index contributed by atoms with van der Waals surface area (Å²) in [5.74, 6) is -0.347. The van der Waals surface area contributed by atoms with Crippen molar-refractivity contribution in [3.8, 4) is 0 Å². The summed E-state index contributed by atoms with van der Waals surface area (Å²) in [5, 5.41) is 12.0. The molecule has 2 N–H and O–H groups in total. The van der Waals surface area contributed by atoms with Crippen molar-refractivity contribution >= 4 is 23.8 Å². The highest BCUT2D eigenvalue weighted by atomic mass is 32.2. The normalized spacial score (nSPS) is 23.4. The van der Waals surface area contributed by atoms with E-state index in [9.17, 15) is 9.59 Å². The van der Waals surface area contributed by atoms with Crippen LogP contribution in [-0.4, -0.2) is 53.6 Å². The van der Waals surface area contributed by atoms with E-state index in [1.54, 1.807) is 23.7 Å². The molecule has 0 aromatic rings. The van der Waals surface area contributed by atoms with Crippen molar-refractivity contribution < 1.29 is 14.7 Å². The molecule has 104 valence electrons. The van der Waals surface area contributed by atoms with Crippen molar-refractivity contribution in [2.75, 3.05) is 25.6 Å². The number of carbonyl (C=O) groups excluding carboxylic acids is 1. The van der Waals surface area contributed by atoms with Crippen LogP contribution < -0.4 is 5.32 Å². The van der Waals surface area contributed by atoms with Crippen LogP contribution in [-0.2, 0) is 4.79 Å². The number of carboxylic acid groups (broad SMARTS) is 1. The standard InChI is InChI=1S/C12H22N2O3S/c1-14(7-8-18-2)12(17)13-10-6-4-3-5-9(10)11(15)16/h9-10H,3-8H2,1-2H3,(H,13,17)(H,15,16). The summed E-state index contributed by atoms with van der Waals surface area (Å²) < 4.78 is 0. The Bertz CT molecular complexity index is 299. The molecule has 0 saturated heterocycles. The SMILES string of the molecule is CSCCN(C)C(=O)NC1CCCCC1C(=O)O. The zero-order valence-electron chi connectivity index (χ0n) is 11.0. The van der Waals surface area contributed by atoms with Gasteiger partial charge in [0.2, 0.25) is 0 Å². The quantitative estimate of drug-likeness (QED) is 0.799. The number of nitrogens with zero attached hydrogens (tertiary/aromatic N) is 1. The number of aliphatic carboxylic acids is 1. The average Bonchev–Trinajstić information content (AvgIpc) is 2.36. The molecule has 0 aromatic carbocycles. The van der Waals surface area contributed by atoms with Gasteiger partial charge >= 0.3 is 12.0 Å². The minimum atomic E-state index is -0.799. The van der Waals surface area contributed by atoms with E-state index in [-0.39, 0.29) is 12.1 Å². The molecule has 5 nitrogen and oxygen atoms in total. The number of carbonyl (C=O) groups is 2. The summed E-state index contributed by atoms with van der Waals surface area (Å²) in [5.41, 5.74) is 0. The zero-order valence-corrected chi connectivity index (χ0v) is 11.8. The first-order valence-electron chi connectivity index (χ1n) is 6.29. The molecule has 2 atom stereocenters. The average molecular weight is 274 g/mol. The number of amides is 2. The lowest BCUT2D eigenvalue weighted by Gasteiger charge is -2.30. The molecule has 1 aliphatic rings. The molecule has 2 amide bonds. The molecule has 18 heavy (non-hydrogen) atoms. The Morgan fingerprint density at radius 1 is 1.39 bits per heavy atom. The summed E-state index contributed by atoms with van der Waals surface area (Å²) in [6.07, 6.45) is 5.34. The number of hydrogen-bond acceptors (Lipinski definition) is 3. The van der Waals surface area contributed by atoms with Gasteiger partial charge in [0.1, 0.15) is 0 Å². The van der Waals surface area contributed by atoms with Gasteiger partial charge in [0.15, 0.2) is 0 Å². The summed E-state index contributed by atoms with van der Waals surface area (Å²) >= 11 is 1.68. The number of thioether (sulfide) groups is 1. The second-order valence-corrected chi connectivity index (χ2v) is 5.69. The van der Waals surface area contributed by atoms with Gasteiger partial charge in [-0.3, -0.25) is 4.79 Å². The third kappa shape index (κ3) is 4.40. The molecule has 0 spiro atoms. The molecule has 1 saturated carbocycles. The molecule has 1 fully saturated rings. The van der Waals surface area contributed by atoms with Crippen molar-refractivity contribution in [1.29, 1.82) is 0 Å². The Labute approximate surface area is 112 Å². The first-order chi connectivity index (χ1) is 8.56. The van der Waals surface area contributed by atoms with E-state index in [4.69, 9.17) is 5.11 Å². The highest BCUT2D eigenvalue weighted by Crippen LogP contribution is 2.24. The van der Waals surface area contributed by atoms with Crippen molar-refractivity contribution in [3.63, 3.8) is 0 Å². The number of carboxylic acids is 1. The van der Waals surface area contributed by atoms with Gasteiger partial charge in [-0.1, -0.05) is 12.8 Å². The molecule has 6 heteroatoms. The zero-order chi connectivity index (χ0) is 13.5. The van der Waals surface area contributed by atoms with Crippen LogP contribution in [0, 0.1) is 5.92 Å². The van der Waals surface area contributed by atoms with Gasteiger partial charge in [0.25, 0.3) is 0 Å². The van der Waals surface area contributed by atoms with Crippen LogP contribution in [0.3, 0.4) is 0 Å². The van der Waals surface area contributed by atoms with Crippen molar-refractivity contribution in [2.45, 2.75) is 31.7 Å². The lowest BCUT2D eigenvalue weighted by molar-refractivity contribution is -0.143. The van der Waals surface area contributed by atoms with Gasteiger partial charge in [-0.15, -0.1) is 0 Å². The van der Waals surface area contributed by atoms with Crippen LogP contribution in [0.25, 0.3) is 0 Å². The van der Waals surface area contributed by atoms with Crippen LogP contribution in [0.15, 0.2) is 0 Å². The minimum Gasteiger partial charge on any atom is -0.481 e. The van der Waals surface area contributed by atoms with Gasteiger partial charge in [-0.05, 0) is 19.1 Å². The molecule has 1 rings (SSSR count). The minimum absolute atomic E-state index is 0.165. The highest BCUT2D eigenvalue weighted by Gasteiger charge is 2.32. The lowest BCUT2D eigenvalue weighted by atomic mass is 9.84. The van der Waals surface area contributed by atoms with E-state index < -0.39 is 11.9 Å². The summed E-state index contributed by atoms with van der Waals surface area (Å²) in [4.78, 5) is 24.6. The highest BCUT2D eigenvalue weighted by molar-refractivity contribution is 7.98. The van der Waals surface area contributed by atoms with Crippen molar-refractivity contribution in [1.82, 2.24) is 10.2 Å². The molecular weight excluding hydrogens is 252 g/mol. The summed E-state index contributed by atoms with van der Waals surface area (Å²) in [7, 11) is 1.74. The largest absolute Gasteiger partial charge is 0.481 e. The topological polar surface area (TPSA) is 69.6 Å². The van der Waals surface area contributed by atoms with E-state index in [0.717, 1.165) is 25.0 Å². The van der Waals surface area contributed by atoms with Crippen LogP contribution in [0.4, 0.5) is 4.79 Å². The third-order valence-electron chi connectivity index (χ3n) is 3.37. The van der Waals surface area contributed by atoms with Crippen LogP contribution in [0.2, 0.25) is 0 Å². The molecular formula is C12H22N2O3S. The van der Waals surface area contributed by atoms with Crippen LogP contribution >= 0.6 is 11.8 Å². The predicted octanol–water partition coefficient (Wildman–Crippen LogP) is 1.63. The number of hydrogen-bond donors (Lipinski definition) is 2. The second kappa shape index (κ2) is 7.51. The van der Waals surface area contributed by atoms with Gasteiger partial charge in [-0.2, -0.15) is 11.8 Å². The van der Waals surface area contributed by atoms with Crippen molar-refractivity contribution in [2.24, 2.45) is 5.92 Å². The Kier molecular flexibility index (Phi) is 6.32. The molecule has 0 aliphatic heterocycles. The first-order valence-corrected chi connectivity index (χ1v) is 7.69. The Balaban J connectivity index is 2.48. The maximum absolute atomic E-state index is 11.9. The first kappa shape index (κ1) is 15.1. The predicted molar refractivity (Wildman–Crippen MR) is 72.9 cm³/mol. The number of urea groups is 1. The fraction of sp³-hybridized carbons (Fsp3) is 0.833. The van der Waals surface area contributed by atoms with Crippen molar-refractivity contribution in [3.05, 3.63) is 0 Å². The molecule has 2 unspecified atom stereocenters. The molecule has 1 aliphatic carbocycles. The summed E-state index contributed by atoms with van der Waals surface area (Å²) in [6, 6.07) is -0.386. The molecule has 0 radical (unpaired) electrons. The maximum Gasteiger partial charge on any atom is 0.317 e. The lowest BCUT2D eigenvalue weighted by Crippen LogP contribution is -2.49. The Hall–Kier alpha value is -0.910. The number of rotatable bonds is 5. The smallest absolute Gasteiger partial charge is 0.317 e. The number of nitrogens with one attached hydrogen (secondary N) is 1. The Morgan fingerprint density at radius 2 is 2.06 bits per heavy atom. The van der Waals surface area contributed by atoms with Crippen LogP contribution in [0.1, 0.15) is 25.7 Å². The summed E-state index contributed by atoms with van der Waals surface area (Å²) in [6.45, 7) is 0.678. The van der Waals surface area contributed by atoms with Gasteiger partial charge < -0.3 is 15.3 Å². The fourth-order valence-electron chi connectivity index (χ4n) is 2.20. The third-order valence-corrected chi connectivity index (χ3v) is 3.96. The van der Waals surface area contributed by atoms with Gasteiger partial charge in [0, 0.05) is 25.4 Å². The van der Waals surface area contributed by atoms with E-state index in [0.29, 0.717) is 13.0 Å². The van der Waals surface area contributed by atoms with E-state index in [1.807, 2.05) is 6.26 Å². The maximum atomic E-state index is 11.9. The molecule has 0 heterocycles. The van der Waals surface area contributed by atoms with E-state index in [2.05, 4.69) is 5.32 Å². The van der Waals surface area contributed by atoms with Gasteiger partial charge in [-0.25, -0.2) is 4.79 Å². The van der Waals surface area contributed by atoms with E-state index in [1.165, 1.54) is 0 Å². The Morgan fingerprint density at radius 3 is 2.67 bits per heavy atom. The van der Waals surface area contributed by atoms with E-state index >= 15 is 0 Å². The fourth-order valence-corrected chi connectivity index (χ4v) is 2.65. The van der Waals surface area contributed by atoms with Crippen LogP contribution in [0.5, 0.6) is 0 Å². The molecule has 0 bridgehead atoms. The monoisotopic (exact) mass is 274 g/mol. The molecule has 0 aromatic heterocycles. The second-order valence-electron chi connectivity index (χ2n) is 4.70. The van der Waals surface area contributed by atoms with Gasteiger partial charge in [0.05, 0.1) is 5.92 Å².